The van der Waals surface area contributed by atoms with Crippen LogP contribution in [0.25, 0.3) is 16.8 Å². The highest BCUT2D eigenvalue weighted by atomic mass is 35.5. The van der Waals surface area contributed by atoms with Gasteiger partial charge in [-0.1, -0.05) is 71.5 Å². The molecule has 0 spiro atoms. The fourth-order valence-electron chi connectivity index (χ4n) is 4.69. The first-order valence-corrected chi connectivity index (χ1v) is 13.6. The highest BCUT2D eigenvalue weighted by Gasteiger charge is 2.34. The van der Waals surface area contributed by atoms with E-state index < -0.39 is 12.0 Å². The van der Waals surface area contributed by atoms with Crippen molar-refractivity contribution in [2.75, 3.05) is 6.61 Å². The summed E-state index contributed by atoms with van der Waals surface area (Å²) in [6, 6.07) is 18.3. The van der Waals surface area contributed by atoms with Crippen molar-refractivity contribution < 1.29 is 14.3 Å². The number of carbonyl (C=O) groups excluding carboxylic acids is 1. The fourth-order valence-corrected chi connectivity index (χ4v) is 5.97. The van der Waals surface area contributed by atoms with Gasteiger partial charge in [0, 0.05) is 10.4 Å². The van der Waals surface area contributed by atoms with E-state index in [1.54, 1.807) is 31.4 Å². The highest BCUT2D eigenvalue weighted by Crippen LogP contribution is 2.35. The molecule has 8 heteroatoms. The summed E-state index contributed by atoms with van der Waals surface area (Å²) in [6.45, 7) is 7.85. The number of halogens is 1. The molecule has 3 aromatic carbocycles. The van der Waals surface area contributed by atoms with Gasteiger partial charge in [0.25, 0.3) is 5.56 Å². The largest absolute Gasteiger partial charge is 0.493 e. The van der Waals surface area contributed by atoms with Crippen LogP contribution in [0.2, 0.25) is 5.02 Å². The van der Waals surface area contributed by atoms with Crippen molar-refractivity contribution >= 4 is 45.8 Å². The standard InChI is InChI=1S/C30H27ClN2O4S/c1-5-36-24-15-14-19(20-10-6-7-11-21(20)24)16-25-28(34)33-27(22-12-8-9-13-23(22)31)26(29(35)37-17(2)3)18(4)32-30(33)38-25/h6-17,27H,5H2,1-4H3. The molecule has 0 aliphatic carbocycles. The Balaban J connectivity index is 1.74. The van der Waals surface area contributed by atoms with E-state index in [0.29, 0.717) is 37.8 Å². The number of esters is 1. The van der Waals surface area contributed by atoms with Gasteiger partial charge in [0.05, 0.1) is 28.5 Å². The van der Waals surface area contributed by atoms with E-state index in [0.717, 1.165) is 22.1 Å². The summed E-state index contributed by atoms with van der Waals surface area (Å²) in [5.41, 5.74) is 2.08. The van der Waals surface area contributed by atoms with E-state index >= 15 is 0 Å². The Morgan fingerprint density at radius 2 is 1.82 bits per heavy atom. The number of rotatable bonds is 6. The van der Waals surface area contributed by atoms with Gasteiger partial charge in [-0.25, -0.2) is 9.79 Å². The maximum absolute atomic E-state index is 14.0. The van der Waals surface area contributed by atoms with Gasteiger partial charge in [0.2, 0.25) is 0 Å². The maximum atomic E-state index is 14.0. The number of nitrogens with zero attached hydrogens (tertiary/aromatic N) is 2. The third-order valence-corrected chi connectivity index (χ3v) is 7.62. The van der Waals surface area contributed by atoms with E-state index in [9.17, 15) is 9.59 Å². The lowest BCUT2D eigenvalue weighted by Crippen LogP contribution is -2.40. The number of hydrogen-bond donors (Lipinski definition) is 0. The zero-order valence-corrected chi connectivity index (χ0v) is 23.1. The molecule has 0 saturated carbocycles. The van der Waals surface area contributed by atoms with Crippen molar-refractivity contribution in [2.24, 2.45) is 4.99 Å². The monoisotopic (exact) mass is 546 g/mol. The lowest BCUT2D eigenvalue weighted by atomic mass is 9.96. The molecule has 194 valence electrons. The number of allylic oxidation sites excluding steroid dienone is 1. The number of benzene rings is 3. The van der Waals surface area contributed by atoms with E-state index in [1.165, 1.54) is 11.3 Å². The van der Waals surface area contributed by atoms with Gasteiger partial charge in [-0.3, -0.25) is 9.36 Å². The second-order valence-corrected chi connectivity index (χ2v) is 10.6. The Hall–Kier alpha value is -3.68. The summed E-state index contributed by atoms with van der Waals surface area (Å²) in [5.74, 6) is 0.280. The molecule has 1 aliphatic heterocycles. The number of aromatic nitrogens is 1. The lowest BCUT2D eigenvalue weighted by Gasteiger charge is -2.26. The molecular formula is C30H27ClN2O4S. The molecule has 0 fully saturated rings. The molecule has 5 rings (SSSR count). The lowest BCUT2D eigenvalue weighted by molar-refractivity contribution is -0.143. The van der Waals surface area contributed by atoms with Crippen LogP contribution in [0.15, 0.2) is 81.7 Å². The number of ether oxygens (including phenoxy) is 2. The van der Waals surface area contributed by atoms with E-state index in [1.807, 2.05) is 67.6 Å². The highest BCUT2D eigenvalue weighted by molar-refractivity contribution is 7.07. The summed E-state index contributed by atoms with van der Waals surface area (Å²) < 4.78 is 13.4. The topological polar surface area (TPSA) is 69.9 Å². The van der Waals surface area contributed by atoms with Crippen LogP contribution in [0, 0.1) is 0 Å². The summed E-state index contributed by atoms with van der Waals surface area (Å²) in [7, 11) is 0. The van der Waals surface area contributed by atoms with Gasteiger partial charge >= 0.3 is 5.97 Å². The summed E-state index contributed by atoms with van der Waals surface area (Å²) in [4.78, 5) is 32.4. The van der Waals surface area contributed by atoms with Crippen LogP contribution >= 0.6 is 22.9 Å². The third-order valence-electron chi connectivity index (χ3n) is 6.29. The first kappa shape index (κ1) is 25.9. The molecule has 1 atom stereocenters. The van der Waals surface area contributed by atoms with Gasteiger partial charge in [-0.05, 0) is 62.4 Å². The predicted molar refractivity (Wildman–Crippen MR) is 152 cm³/mol. The zero-order chi connectivity index (χ0) is 27.0. The van der Waals surface area contributed by atoms with Crippen LogP contribution in [0.3, 0.4) is 0 Å². The number of fused-ring (bicyclic) bond motifs is 2. The van der Waals surface area contributed by atoms with Crippen molar-refractivity contribution in [3.63, 3.8) is 0 Å². The molecule has 6 nitrogen and oxygen atoms in total. The van der Waals surface area contributed by atoms with Crippen LogP contribution in [0.5, 0.6) is 5.75 Å². The second-order valence-electron chi connectivity index (χ2n) is 9.19. The third kappa shape index (κ3) is 4.68. The minimum absolute atomic E-state index is 0.251. The zero-order valence-electron chi connectivity index (χ0n) is 21.5. The van der Waals surface area contributed by atoms with Crippen LogP contribution < -0.4 is 19.6 Å². The molecular weight excluding hydrogens is 520 g/mol. The van der Waals surface area contributed by atoms with Crippen molar-refractivity contribution in [3.05, 3.63) is 108 Å². The first-order valence-electron chi connectivity index (χ1n) is 12.4. The van der Waals surface area contributed by atoms with E-state index in [4.69, 9.17) is 21.1 Å². The molecule has 2 heterocycles. The first-order chi connectivity index (χ1) is 18.3. The Kier molecular flexibility index (Phi) is 7.23. The van der Waals surface area contributed by atoms with Crippen LogP contribution in [0.1, 0.15) is 44.9 Å². The van der Waals surface area contributed by atoms with Gasteiger partial charge < -0.3 is 9.47 Å². The number of hydrogen-bond acceptors (Lipinski definition) is 6. The summed E-state index contributed by atoms with van der Waals surface area (Å²) in [5, 5.41) is 2.40. The van der Waals surface area contributed by atoms with Crippen LogP contribution in [0.4, 0.5) is 0 Å². The molecule has 1 aromatic heterocycles. The molecule has 4 aromatic rings. The quantitative estimate of drug-likeness (QED) is 0.304. The van der Waals surface area contributed by atoms with Crippen molar-refractivity contribution in [3.8, 4) is 5.75 Å². The number of carbonyl (C=O) groups is 1. The Morgan fingerprint density at radius 1 is 1.11 bits per heavy atom. The van der Waals surface area contributed by atoms with E-state index in [2.05, 4.69) is 4.99 Å². The minimum Gasteiger partial charge on any atom is -0.493 e. The minimum atomic E-state index is -0.759. The summed E-state index contributed by atoms with van der Waals surface area (Å²) in [6.07, 6.45) is 1.55. The van der Waals surface area contributed by atoms with Gasteiger partial charge in [-0.2, -0.15) is 0 Å². The van der Waals surface area contributed by atoms with Crippen molar-refractivity contribution in [1.29, 1.82) is 0 Å². The Morgan fingerprint density at radius 3 is 2.53 bits per heavy atom. The molecule has 38 heavy (non-hydrogen) atoms. The SMILES string of the molecule is CCOc1ccc(C=c2sc3n(c2=O)C(c2ccccc2Cl)C(C(=O)OC(C)C)=C(C)N=3)c2ccccc12. The number of thiazole rings is 1. The molecule has 0 saturated heterocycles. The molecule has 1 unspecified atom stereocenters. The molecule has 0 bridgehead atoms. The Labute approximate surface area is 229 Å². The van der Waals surface area contributed by atoms with Crippen molar-refractivity contribution in [2.45, 2.75) is 39.8 Å². The van der Waals surface area contributed by atoms with Gasteiger partial charge in [0.1, 0.15) is 11.8 Å². The summed E-state index contributed by atoms with van der Waals surface area (Å²) >= 11 is 7.89. The normalized spacial score (nSPS) is 15.5. The average molecular weight is 547 g/mol. The molecule has 0 N–H and O–H groups in total. The molecule has 0 amide bonds. The maximum Gasteiger partial charge on any atom is 0.338 e. The molecule has 1 aliphatic rings. The van der Waals surface area contributed by atoms with Gasteiger partial charge in [0.15, 0.2) is 4.80 Å². The van der Waals surface area contributed by atoms with Crippen LogP contribution in [-0.2, 0) is 9.53 Å². The second kappa shape index (κ2) is 10.6. The average Bonchev–Trinajstić information content (AvgIpc) is 3.19. The van der Waals surface area contributed by atoms with Crippen LogP contribution in [-0.4, -0.2) is 23.2 Å². The molecule has 0 radical (unpaired) electrons. The van der Waals surface area contributed by atoms with Gasteiger partial charge in [-0.15, -0.1) is 0 Å². The smallest absolute Gasteiger partial charge is 0.338 e. The van der Waals surface area contributed by atoms with Crippen molar-refractivity contribution in [1.82, 2.24) is 4.57 Å². The predicted octanol–water partition coefficient (Wildman–Crippen LogP) is 5.39. The van der Waals surface area contributed by atoms with E-state index in [-0.39, 0.29) is 11.7 Å². The Bertz CT molecular complexity index is 1770. The fraction of sp³-hybridized carbons (Fsp3) is 0.233.